The standard InChI is InChI=1S/C11H17F3N2O4S/c1-21-7-4-10(15,19-9(18)11(12,13)14)8(17)20-16-5-2-3-6-16/h2-7,15H2,1H3/t10-/m1/s1. The van der Waals surface area contributed by atoms with Crippen molar-refractivity contribution in [2.75, 3.05) is 25.1 Å². The molecule has 0 unspecified atom stereocenters. The molecule has 0 aromatic rings. The van der Waals surface area contributed by atoms with Crippen molar-refractivity contribution in [3.63, 3.8) is 0 Å². The number of rotatable bonds is 6. The molecule has 1 fully saturated rings. The van der Waals surface area contributed by atoms with E-state index in [0.29, 0.717) is 13.1 Å². The first-order valence-corrected chi connectivity index (χ1v) is 7.64. The lowest BCUT2D eigenvalue weighted by Gasteiger charge is -2.28. The summed E-state index contributed by atoms with van der Waals surface area (Å²) in [5.41, 5.74) is 3.10. The molecular formula is C11H17F3N2O4S. The van der Waals surface area contributed by atoms with Gasteiger partial charge in [0.25, 0.3) is 5.72 Å². The quantitative estimate of drug-likeness (QED) is 0.576. The molecule has 0 spiro atoms. The Balaban J connectivity index is 2.75. The summed E-state index contributed by atoms with van der Waals surface area (Å²) >= 11 is 1.25. The summed E-state index contributed by atoms with van der Waals surface area (Å²) in [5, 5.41) is 1.30. The third-order valence-electron chi connectivity index (χ3n) is 2.81. The normalized spacial score (nSPS) is 19.1. The molecule has 0 aliphatic carbocycles. The molecule has 21 heavy (non-hydrogen) atoms. The Hall–Kier alpha value is -1.00. The fourth-order valence-electron chi connectivity index (χ4n) is 1.65. The van der Waals surface area contributed by atoms with Crippen molar-refractivity contribution in [1.29, 1.82) is 0 Å². The van der Waals surface area contributed by atoms with Gasteiger partial charge in [0.1, 0.15) is 0 Å². The molecule has 1 aliphatic heterocycles. The summed E-state index contributed by atoms with van der Waals surface area (Å²) in [4.78, 5) is 27.8. The first-order chi connectivity index (χ1) is 9.69. The van der Waals surface area contributed by atoms with E-state index in [1.165, 1.54) is 16.8 Å². The molecule has 0 aromatic carbocycles. The van der Waals surface area contributed by atoms with Crippen molar-refractivity contribution in [3.8, 4) is 0 Å². The van der Waals surface area contributed by atoms with Gasteiger partial charge in [-0.05, 0) is 24.9 Å². The Morgan fingerprint density at radius 2 is 1.81 bits per heavy atom. The highest BCUT2D eigenvalue weighted by Gasteiger charge is 2.49. The van der Waals surface area contributed by atoms with Crippen molar-refractivity contribution in [2.24, 2.45) is 5.73 Å². The van der Waals surface area contributed by atoms with Gasteiger partial charge in [0.2, 0.25) is 0 Å². The first kappa shape index (κ1) is 18.1. The maximum absolute atomic E-state index is 12.3. The summed E-state index contributed by atoms with van der Waals surface area (Å²) < 4.78 is 41.0. The van der Waals surface area contributed by atoms with E-state index in [1.54, 1.807) is 6.26 Å². The molecule has 122 valence electrons. The van der Waals surface area contributed by atoms with Crippen LogP contribution in [0.4, 0.5) is 13.2 Å². The predicted octanol–water partition coefficient (Wildman–Crippen LogP) is 1.05. The molecular weight excluding hydrogens is 313 g/mol. The van der Waals surface area contributed by atoms with Gasteiger partial charge in [-0.15, -0.1) is 5.06 Å². The number of thioether (sulfide) groups is 1. The van der Waals surface area contributed by atoms with E-state index in [9.17, 15) is 22.8 Å². The van der Waals surface area contributed by atoms with Crippen molar-refractivity contribution in [3.05, 3.63) is 0 Å². The molecule has 1 heterocycles. The number of nitrogens with zero attached hydrogens (tertiary/aromatic N) is 1. The van der Waals surface area contributed by atoms with Crippen molar-refractivity contribution in [2.45, 2.75) is 31.2 Å². The van der Waals surface area contributed by atoms with Crippen LogP contribution in [-0.2, 0) is 19.2 Å². The number of hydrogen-bond donors (Lipinski definition) is 1. The molecule has 1 atom stereocenters. The molecule has 2 N–H and O–H groups in total. The number of esters is 1. The van der Waals surface area contributed by atoms with Crippen molar-refractivity contribution >= 4 is 23.7 Å². The minimum absolute atomic E-state index is 0.233. The van der Waals surface area contributed by atoms with E-state index in [2.05, 4.69) is 4.74 Å². The monoisotopic (exact) mass is 330 g/mol. The number of alkyl halides is 3. The molecule has 0 radical (unpaired) electrons. The van der Waals surface area contributed by atoms with E-state index >= 15 is 0 Å². The molecule has 0 aromatic heterocycles. The second-order valence-electron chi connectivity index (χ2n) is 4.53. The highest BCUT2D eigenvalue weighted by molar-refractivity contribution is 7.98. The van der Waals surface area contributed by atoms with Gasteiger partial charge in [-0.2, -0.15) is 24.9 Å². The number of hydrogen-bond acceptors (Lipinski definition) is 7. The summed E-state index contributed by atoms with van der Waals surface area (Å²) in [5.74, 6) is -3.47. The van der Waals surface area contributed by atoms with Crippen LogP contribution in [0.5, 0.6) is 0 Å². The molecule has 0 amide bonds. The van der Waals surface area contributed by atoms with Crippen LogP contribution in [0.15, 0.2) is 0 Å². The molecule has 10 heteroatoms. The zero-order valence-corrected chi connectivity index (χ0v) is 12.3. The molecule has 0 bridgehead atoms. The summed E-state index contributed by atoms with van der Waals surface area (Å²) in [7, 11) is 0. The lowest BCUT2D eigenvalue weighted by atomic mass is 10.2. The van der Waals surface area contributed by atoms with Gasteiger partial charge in [0.05, 0.1) is 0 Å². The second-order valence-corrected chi connectivity index (χ2v) is 5.52. The minimum atomic E-state index is -5.22. The Morgan fingerprint density at radius 1 is 1.24 bits per heavy atom. The zero-order valence-electron chi connectivity index (χ0n) is 11.4. The Kier molecular flexibility index (Phi) is 6.29. The SMILES string of the molecule is CSCC[C@@](N)(OC(=O)C(F)(F)F)C(=O)ON1CCCC1. The van der Waals surface area contributed by atoms with E-state index in [1.807, 2.05) is 0 Å². The minimum Gasteiger partial charge on any atom is -0.426 e. The number of carbonyl (C=O) groups is 2. The first-order valence-electron chi connectivity index (χ1n) is 6.24. The smallest absolute Gasteiger partial charge is 0.426 e. The molecule has 1 saturated heterocycles. The third kappa shape index (κ3) is 5.36. The average molecular weight is 330 g/mol. The Bertz CT molecular complexity index is 388. The van der Waals surface area contributed by atoms with E-state index < -0.39 is 23.8 Å². The highest BCUT2D eigenvalue weighted by Crippen LogP contribution is 2.23. The summed E-state index contributed by atoms with van der Waals surface area (Å²) in [6, 6.07) is 0. The van der Waals surface area contributed by atoms with E-state index in [0.717, 1.165) is 12.8 Å². The van der Waals surface area contributed by atoms with Gasteiger partial charge in [-0.25, -0.2) is 9.59 Å². The van der Waals surface area contributed by atoms with Crippen LogP contribution in [-0.4, -0.2) is 54.0 Å². The van der Waals surface area contributed by atoms with Crippen LogP contribution in [0, 0.1) is 0 Å². The number of carbonyl (C=O) groups excluding carboxylic acids is 2. The maximum atomic E-state index is 12.3. The summed E-state index contributed by atoms with van der Waals surface area (Å²) in [6.45, 7) is 0.940. The maximum Gasteiger partial charge on any atom is 0.491 e. The number of nitrogens with two attached hydrogens (primary N) is 1. The Labute approximate surface area is 124 Å². The largest absolute Gasteiger partial charge is 0.491 e. The van der Waals surface area contributed by atoms with Crippen LogP contribution >= 0.6 is 11.8 Å². The number of halogens is 3. The fraction of sp³-hybridized carbons (Fsp3) is 0.818. The predicted molar refractivity (Wildman–Crippen MR) is 69.0 cm³/mol. The van der Waals surface area contributed by atoms with Gasteiger partial charge in [-0.1, -0.05) is 0 Å². The molecule has 1 rings (SSSR count). The lowest BCUT2D eigenvalue weighted by Crippen LogP contribution is -2.56. The van der Waals surface area contributed by atoms with Crippen LogP contribution in [0.1, 0.15) is 19.3 Å². The van der Waals surface area contributed by atoms with Crippen LogP contribution in [0.3, 0.4) is 0 Å². The van der Waals surface area contributed by atoms with Gasteiger partial charge < -0.3 is 9.57 Å². The molecule has 0 saturated carbocycles. The number of ether oxygens (including phenoxy) is 1. The van der Waals surface area contributed by atoms with Crippen LogP contribution in [0.2, 0.25) is 0 Å². The Morgan fingerprint density at radius 3 is 2.29 bits per heavy atom. The van der Waals surface area contributed by atoms with Gasteiger partial charge in [0, 0.05) is 19.5 Å². The fourth-order valence-corrected chi connectivity index (χ4v) is 2.15. The molecule has 6 nitrogen and oxygen atoms in total. The van der Waals surface area contributed by atoms with Crippen molar-refractivity contribution in [1.82, 2.24) is 5.06 Å². The van der Waals surface area contributed by atoms with Crippen molar-refractivity contribution < 1.29 is 32.3 Å². The molecule has 1 aliphatic rings. The van der Waals surface area contributed by atoms with Gasteiger partial charge in [-0.3, -0.25) is 5.73 Å². The lowest BCUT2D eigenvalue weighted by molar-refractivity contribution is -0.231. The van der Waals surface area contributed by atoms with Crippen LogP contribution < -0.4 is 5.73 Å². The average Bonchev–Trinajstić information content (AvgIpc) is 2.88. The van der Waals surface area contributed by atoms with Gasteiger partial charge >= 0.3 is 18.1 Å². The highest BCUT2D eigenvalue weighted by atomic mass is 32.2. The van der Waals surface area contributed by atoms with Gasteiger partial charge in [0.15, 0.2) is 0 Å². The van der Waals surface area contributed by atoms with E-state index in [4.69, 9.17) is 10.6 Å². The number of hydroxylamine groups is 2. The second kappa shape index (κ2) is 7.32. The summed E-state index contributed by atoms with van der Waals surface area (Å²) in [6.07, 6.45) is -2.21. The third-order valence-corrected chi connectivity index (χ3v) is 3.42. The van der Waals surface area contributed by atoms with E-state index in [-0.39, 0.29) is 12.2 Å². The topological polar surface area (TPSA) is 81.9 Å². The van der Waals surface area contributed by atoms with Crippen LogP contribution in [0.25, 0.3) is 0 Å². The zero-order chi connectivity index (χ0) is 16.1.